The highest BCUT2D eigenvalue weighted by atomic mass is 32.1. The number of carbonyl (C=O) groups is 3. The second-order valence-electron chi connectivity index (χ2n) is 6.30. The third-order valence-corrected chi connectivity index (χ3v) is 5.66. The molecule has 0 aliphatic carbocycles. The first-order chi connectivity index (χ1) is 12.0. The number of likely N-dealkylation sites (tertiary alicyclic amines) is 1. The van der Waals surface area contributed by atoms with Crippen molar-refractivity contribution in [1.29, 1.82) is 0 Å². The molecule has 1 aliphatic heterocycles. The number of carboxylic acid groups (broad SMARTS) is 1. The van der Waals surface area contributed by atoms with E-state index in [9.17, 15) is 14.4 Å². The molecule has 2 heterocycles. The summed E-state index contributed by atoms with van der Waals surface area (Å²) in [5.41, 5.74) is 0. The van der Waals surface area contributed by atoms with Gasteiger partial charge in [-0.15, -0.1) is 11.3 Å². The number of benzene rings is 1. The second kappa shape index (κ2) is 7.23. The van der Waals surface area contributed by atoms with Crippen LogP contribution in [0.15, 0.2) is 30.3 Å². The largest absolute Gasteiger partial charge is 0.481 e. The highest BCUT2D eigenvalue weighted by Crippen LogP contribution is 2.26. The second-order valence-corrected chi connectivity index (χ2v) is 7.39. The van der Waals surface area contributed by atoms with E-state index in [2.05, 4.69) is 0 Å². The Labute approximate surface area is 149 Å². The van der Waals surface area contributed by atoms with E-state index >= 15 is 0 Å². The fourth-order valence-corrected chi connectivity index (χ4v) is 4.08. The van der Waals surface area contributed by atoms with Gasteiger partial charge in [-0.2, -0.15) is 0 Å². The van der Waals surface area contributed by atoms with Crippen molar-refractivity contribution in [2.45, 2.75) is 12.8 Å². The smallest absolute Gasteiger partial charge is 0.306 e. The summed E-state index contributed by atoms with van der Waals surface area (Å²) in [6, 6.07) is 9.63. The van der Waals surface area contributed by atoms with Crippen molar-refractivity contribution in [2.75, 3.05) is 26.7 Å². The van der Waals surface area contributed by atoms with Crippen molar-refractivity contribution in [1.82, 2.24) is 9.80 Å². The number of nitrogens with zero attached hydrogens (tertiary/aromatic N) is 2. The monoisotopic (exact) mass is 360 g/mol. The first kappa shape index (κ1) is 17.4. The average molecular weight is 360 g/mol. The van der Waals surface area contributed by atoms with Gasteiger partial charge in [0.2, 0.25) is 5.91 Å². The fourth-order valence-electron chi connectivity index (χ4n) is 3.03. The zero-order chi connectivity index (χ0) is 18.0. The lowest BCUT2D eigenvalue weighted by atomic mass is 9.97. The van der Waals surface area contributed by atoms with E-state index in [0.29, 0.717) is 30.8 Å². The molecule has 1 aliphatic rings. The summed E-state index contributed by atoms with van der Waals surface area (Å²) < 4.78 is 1.04. The predicted octanol–water partition coefficient (Wildman–Crippen LogP) is 2.30. The van der Waals surface area contributed by atoms with Crippen LogP contribution in [0.4, 0.5) is 0 Å². The normalized spacial score (nSPS) is 15.3. The number of carbonyl (C=O) groups excluding carboxylic acids is 2. The standard InChI is InChI=1S/C18H20N2O4S/c1-19(11-16(21)20-8-6-12(7-9-20)18(23)24)17(22)15-10-13-4-2-3-5-14(13)25-15/h2-5,10,12H,6-9,11H2,1H3,(H,23,24). The number of hydrogen-bond donors (Lipinski definition) is 1. The Morgan fingerprint density at radius 2 is 1.92 bits per heavy atom. The van der Waals surface area contributed by atoms with Crippen LogP contribution in [0.3, 0.4) is 0 Å². The highest BCUT2D eigenvalue weighted by Gasteiger charge is 2.28. The van der Waals surface area contributed by atoms with E-state index in [0.717, 1.165) is 10.1 Å². The number of carboxylic acids is 1. The number of thiophene rings is 1. The molecule has 1 N–H and O–H groups in total. The Balaban J connectivity index is 1.59. The number of hydrogen-bond acceptors (Lipinski definition) is 4. The van der Waals surface area contributed by atoms with E-state index < -0.39 is 5.97 Å². The maximum Gasteiger partial charge on any atom is 0.306 e. The summed E-state index contributed by atoms with van der Waals surface area (Å²) in [5, 5.41) is 10.0. The average Bonchev–Trinajstić information content (AvgIpc) is 3.05. The van der Waals surface area contributed by atoms with Gasteiger partial charge in [0.25, 0.3) is 5.91 Å². The topological polar surface area (TPSA) is 77.9 Å². The molecule has 7 heteroatoms. The molecule has 2 aromatic rings. The van der Waals surface area contributed by atoms with Crippen molar-refractivity contribution in [3.8, 4) is 0 Å². The lowest BCUT2D eigenvalue weighted by molar-refractivity contribution is -0.145. The van der Waals surface area contributed by atoms with Gasteiger partial charge in [-0.05, 0) is 30.4 Å². The molecule has 6 nitrogen and oxygen atoms in total. The van der Waals surface area contributed by atoms with Crippen LogP contribution < -0.4 is 0 Å². The van der Waals surface area contributed by atoms with Crippen LogP contribution in [0.5, 0.6) is 0 Å². The molecule has 25 heavy (non-hydrogen) atoms. The molecule has 0 unspecified atom stereocenters. The van der Waals surface area contributed by atoms with E-state index in [4.69, 9.17) is 5.11 Å². The van der Waals surface area contributed by atoms with E-state index in [1.54, 1.807) is 11.9 Å². The van der Waals surface area contributed by atoms with Crippen LogP contribution in [-0.4, -0.2) is 59.4 Å². The van der Waals surface area contributed by atoms with Crippen LogP contribution >= 0.6 is 11.3 Å². The van der Waals surface area contributed by atoms with Crippen molar-refractivity contribution in [3.05, 3.63) is 35.2 Å². The van der Waals surface area contributed by atoms with Gasteiger partial charge in [-0.3, -0.25) is 14.4 Å². The minimum absolute atomic E-state index is 0.00478. The fraction of sp³-hybridized carbons (Fsp3) is 0.389. The molecule has 3 rings (SSSR count). The molecule has 1 aromatic carbocycles. The number of rotatable bonds is 4. The predicted molar refractivity (Wildman–Crippen MR) is 95.7 cm³/mol. The van der Waals surface area contributed by atoms with Crippen LogP contribution in [0, 0.1) is 5.92 Å². The molecule has 1 saturated heterocycles. The Morgan fingerprint density at radius 1 is 1.24 bits per heavy atom. The molecular formula is C18H20N2O4S. The summed E-state index contributed by atoms with van der Waals surface area (Å²) in [7, 11) is 1.62. The lowest BCUT2D eigenvalue weighted by Gasteiger charge is -2.31. The van der Waals surface area contributed by atoms with E-state index in [1.165, 1.54) is 16.2 Å². The summed E-state index contributed by atoms with van der Waals surface area (Å²) in [6.07, 6.45) is 0.935. The number of fused-ring (bicyclic) bond motifs is 1. The zero-order valence-corrected chi connectivity index (χ0v) is 14.8. The number of piperidine rings is 1. The highest BCUT2D eigenvalue weighted by molar-refractivity contribution is 7.20. The molecule has 0 bridgehead atoms. The maximum absolute atomic E-state index is 12.6. The molecule has 0 saturated carbocycles. The van der Waals surface area contributed by atoms with Crippen LogP contribution in [0.1, 0.15) is 22.5 Å². The van der Waals surface area contributed by atoms with Crippen molar-refractivity contribution < 1.29 is 19.5 Å². The molecule has 132 valence electrons. The minimum atomic E-state index is -0.802. The van der Waals surface area contributed by atoms with Gasteiger partial charge in [-0.25, -0.2) is 0 Å². The van der Waals surface area contributed by atoms with Crippen molar-refractivity contribution >= 4 is 39.2 Å². The summed E-state index contributed by atoms with van der Waals surface area (Å²) >= 11 is 1.42. The number of amides is 2. The maximum atomic E-state index is 12.6. The molecule has 0 atom stereocenters. The Bertz CT molecular complexity index is 775. The molecular weight excluding hydrogens is 340 g/mol. The summed E-state index contributed by atoms with van der Waals surface area (Å²) in [5.74, 6) is -1.48. The third-order valence-electron chi connectivity index (χ3n) is 4.55. The van der Waals surface area contributed by atoms with Gasteiger partial charge >= 0.3 is 5.97 Å². The SMILES string of the molecule is CN(CC(=O)N1CCC(C(=O)O)CC1)C(=O)c1cc2ccccc2s1. The molecule has 2 amide bonds. The van der Waals surface area contributed by atoms with Crippen LogP contribution in [0.25, 0.3) is 10.1 Å². The first-order valence-electron chi connectivity index (χ1n) is 8.20. The number of aliphatic carboxylic acids is 1. The summed E-state index contributed by atoms with van der Waals surface area (Å²) in [6.45, 7) is 0.867. The first-order valence-corrected chi connectivity index (χ1v) is 9.02. The van der Waals surface area contributed by atoms with Gasteiger partial charge in [0.15, 0.2) is 0 Å². The van der Waals surface area contributed by atoms with E-state index in [1.807, 2.05) is 30.3 Å². The van der Waals surface area contributed by atoms with Crippen LogP contribution in [-0.2, 0) is 9.59 Å². The van der Waals surface area contributed by atoms with Crippen LogP contribution in [0.2, 0.25) is 0 Å². The lowest BCUT2D eigenvalue weighted by Crippen LogP contribution is -2.45. The Kier molecular flexibility index (Phi) is 5.03. The molecule has 1 fully saturated rings. The molecule has 0 radical (unpaired) electrons. The zero-order valence-electron chi connectivity index (χ0n) is 14.0. The van der Waals surface area contributed by atoms with E-state index in [-0.39, 0.29) is 24.3 Å². The minimum Gasteiger partial charge on any atom is -0.481 e. The Morgan fingerprint density at radius 3 is 2.56 bits per heavy atom. The van der Waals surface area contributed by atoms with Gasteiger partial charge in [0.1, 0.15) is 0 Å². The molecule has 1 aromatic heterocycles. The Hall–Kier alpha value is -2.41. The van der Waals surface area contributed by atoms with Crippen molar-refractivity contribution in [3.63, 3.8) is 0 Å². The molecule has 0 spiro atoms. The quantitative estimate of drug-likeness (QED) is 0.907. The van der Waals surface area contributed by atoms with Gasteiger partial charge in [0.05, 0.1) is 17.3 Å². The third kappa shape index (κ3) is 3.82. The summed E-state index contributed by atoms with van der Waals surface area (Å²) in [4.78, 5) is 39.6. The van der Waals surface area contributed by atoms with Crippen molar-refractivity contribution in [2.24, 2.45) is 5.92 Å². The number of likely N-dealkylation sites (N-methyl/N-ethyl adjacent to an activating group) is 1. The van der Waals surface area contributed by atoms with Gasteiger partial charge in [0, 0.05) is 24.8 Å². The van der Waals surface area contributed by atoms with Gasteiger partial charge < -0.3 is 14.9 Å². The van der Waals surface area contributed by atoms with Gasteiger partial charge in [-0.1, -0.05) is 18.2 Å².